The summed E-state index contributed by atoms with van der Waals surface area (Å²) in [5, 5.41) is 13.0. The average Bonchev–Trinajstić information content (AvgIpc) is 2.64. The highest BCUT2D eigenvalue weighted by molar-refractivity contribution is 5.96. The van der Waals surface area contributed by atoms with Crippen molar-refractivity contribution in [3.05, 3.63) is 39.9 Å². The van der Waals surface area contributed by atoms with Crippen molar-refractivity contribution in [3.63, 3.8) is 0 Å². The van der Waals surface area contributed by atoms with Gasteiger partial charge in [0.1, 0.15) is 6.54 Å². The van der Waals surface area contributed by atoms with Gasteiger partial charge in [0.15, 0.2) is 6.61 Å². The fourth-order valence-electron chi connectivity index (χ4n) is 2.76. The van der Waals surface area contributed by atoms with E-state index in [-0.39, 0.29) is 29.8 Å². The number of amides is 2. The molecule has 26 heavy (non-hydrogen) atoms. The number of non-ortho nitro benzene ring substituents is 1. The summed E-state index contributed by atoms with van der Waals surface area (Å²) in [7, 11) is 0. The zero-order valence-electron chi connectivity index (χ0n) is 14.5. The molecular weight excluding hydrogens is 342 g/mol. The fraction of sp³-hybridized carbons (Fsp3) is 0.471. The Morgan fingerprint density at radius 1 is 1.35 bits per heavy atom. The van der Waals surface area contributed by atoms with Gasteiger partial charge in [0, 0.05) is 30.3 Å². The number of nitrogens with one attached hydrogen (secondary N) is 1. The van der Waals surface area contributed by atoms with Gasteiger partial charge in [-0.1, -0.05) is 6.07 Å². The van der Waals surface area contributed by atoms with Crippen LogP contribution in [0, 0.1) is 10.1 Å². The zero-order valence-corrected chi connectivity index (χ0v) is 14.5. The largest absolute Gasteiger partial charge is 0.454 e. The van der Waals surface area contributed by atoms with Crippen LogP contribution in [-0.4, -0.2) is 53.3 Å². The second-order valence-electron chi connectivity index (χ2n) is 6.08. The van der Waals surface area contributed by atoms with E-state index in [0.717, 1.165) is 25.3 Å². The number of esters is 1. The maximum Gasteiger partial charge on any atom is 0.325 e. The summed E-state index contributed by atoms with van der Waals surface area (Å²) >= 11 is 0. The van der Waals surface area contributed by atoms with E-state index < -0.39 is 23.3 Å². The molecular formula is C17H21N3O6. The molecule has 1 N–H and O–H groups in total. The number of carbonyl (C=O) groups is 3. The molecule has 1 atom stereocenters. The normalized spacial score (nSPS) is 16.7. The van der Waals surface area contributed by atoms with Crippen LogP contribution in [0.15, 0.2) is 24.3 Å². The smallest absolute Gasteiger partial charge is 0.325 e. The Kier molecular flexibility index (Phi) is 6.65. The number of ether oxygens (including phenoxy) is 1. The minimum Gasteiger partial charge on any atom is -0.454 e. The molecule has 2 rings (SSSR count). The van der Waals surface area contributed by atoms with Crippen LogP contribution < -0.4 is 5.32 Å². The predicted molar refractivity (Wildman–Crippen MR) is 91.4 cm³/mol. The second-order valence-corrected chi connectivity index (χ2v) is 6.08. The Hall–Kier alpha value is -2.97. The average molecular weight is 363 g/mol. The maximum atomic E-state index is 12.1. The third kappa shape index (κ3) is 5.27. The molecule has 0 unspecified atom stereocenters. The number of carbonyl (C=O) groups excluding carboxylic acids is 3. The van der Waals surface area contributed by atoms with E-state index in [9.17, 15) is 24.5 Å². The number of nitrogens with zero attached hydrogens (tertiary/aromatic N) is 2. The lowest BCUT2D eigenvalue weighted by molar-refractivity contribution is -0.384. The van der Waals surface area contributed by atoms with Gasteiger partial charge in [-0.05, 0) is 32.3 Å². The monoisotopic (exact) mass is 363 g/mol. The Bertz CT molecular complexity index is 705. The molecule has 0 aromatic heterocycles. The fourth-order valence-corrected chi connectivity index (χ4v) is 2.76. The Balaban J connectivity index is 1.77. The number of likely N-dealkylation sites (tertiary alicyclic amines) is 1. The van der Waals surface area contributed by atoms with Gasteiger partial charge in [0.2, 0.25) is 0 Å². The predicted octanol–water partition coefficient (Wildman–Crippen LogP) is 1.27. The highest BCUT2D eigenvalue weighted by atomic mass is 16.6. The number of piperidine rings is 1. The lowest BCUT2D eigenvalue weighted by Crippen LogP contribution is -2.44. The van der Waals surface area contributed by atoms with Gasteiger partial charge in [-0.15, -0.1) is 0 Å². The van der Waals surface area contributed by atoms with E-state index >= 15 is 0 Å². The summed E-state index contributed by atoms with van der Waals surface area (Å²) in [4.78, 5) is 47.5. The van der Waals surface area contributed by atoms with Crippen LogP contribution in [0.2, 0.25) is 0 Å². The number of nitro groups is 1. The Morgan fingerprint density at radius 2 is 2.12 bits per heavy atom. The highest BCUT2D eigenvalue weighted by Gasteiger charge is 2.24. The molecule has 0 saturated carbocycles. The molecule has 140 valence electrons. The number of benzene rings is 1. The topological polar surface area (TPSA) is 119 Å². The molecule has 9 nitrogen and oxygen atoms in total. The van der Waals surface area contributed by atoms with Crippen molar-refractivity contribution in [2.45, 2.75) is 32.2 Å². The lowest BCUT2D eigenvalue weighted by Gasteiger charge is -2.33. The number of nitro benzene ring substituents is 1. The van der Waals surface area contributed by atoms with Crippen molar-refractivity contribution in [2.24, 2.45) is 0 Å². The maximum absolute atomic E-state index is 12.1. The van der Waals surface area contributed by atoms with Crippen molar-refractivity contribution < 1.29 is 24.0 Å². The number of hydrogen-bond donors (Lipinski definition) is 1. The number of hydrogen-bond acceptors (Lipinski definition) is 6. The summed E-state index contributed by atoms with van der Waals surface area (Å²) in [6, 6.07) is 5.28. The van der Waals surface area contributed by atoms with Crippen molar-refractivity contribution >= 4 is 23.5 Å². The molecule has 0 radical (unpaired) electrons. The van der Waals surface area contributed by atoms with Gasteiger partial charge < -0.3 is 15.0 Å². The van der Waals surface area contributed by atoms with Crippen molar-refractivity contribution in [2.75, 3.05) is 19.7 Å². The van der Waals surface area contributed by atoms with Gasteiger partial charge >= 0.3 is 5.97 Å². The van der Waals surface area contributed by atoms with E-state index in [1.807, 2.05) is 6.92 Å². The Morgan fingerprint density at radius 3 is 2.81 bits per heavy atom. The summed E-state index contributed by atoms with van der Waals surface area (Å²) in [5.41, 5.74) is -0.160. The SMILES string of the molecule is C[C@@H]1CCCCN1C(=O)COC(=O)CNC(=O)c1cccc([N+](=O)[O-])c1. The second kappa shape index (κ2) is 8.93. The first kappa shape index (κ1) is 19.4. The van der Waals surface area contributed by atoms with Crippen LogP contribution in [0.1, 0.15) is 36.5 Å². The first-order valence-electron chi connectivity index (χ1n) is 8.36. The van der Waals surface area contributed by atoms with E-state index in [1.54, 1.807) is 4.90 Å². The quantitative estimate of drug-likeness (QED) is 0.462. The van der Waals surface area contributed by atoms with Crippen LogP contribution in [0.5, 0.6) is 0 Å². The minimum atomic E-state index is -0.748. The van der Waals surface area contributed by atoms with Crippen LogP contribution in [0.25, 0.3) is 0 Å². The van der Waals surface area contributed by atoms with Crippen LogP contribution in [0.4, 0.5) is 5.69 Å². The van der Waals surface area contributed by atoms with Gasteiger partial charge in [-0.25, -0.2) is 0 Å². The van der Waals surface area contributed by atoms with Gasteiger partial charge in [0.25, 0.3) is 17.5 Å². The third-order valence-electron chi connectivity index (χ3n) is 4.19. The molecule has 0 aliphatic carbocycles. The molecule has 1 aliphatic rings. The molecule has 1 heterocycles. The first-order valence-corrected chi connectivity index (χ1v) is 8.36. The van der Waals surface area contributed by atoms with Gasteiger partial charge in [0.05, 0.1) is 4.92 Å². The molecule has 1 aromatic carbocycles. The highest BCUT2D eigenvalue weighted by Crippen LogP contribution is 2.16. The molecule has 9 heteroatoms. The molecule has 0 spiro atoms. The van der Waals surface area contributed by atoms with Crippen LogP contribution in [0.3, 0.4) is 0 Å². The van der Waals surface area contributed by atoms with E-state index in [0.29, 0.717) is 6.54 Å². The van der Waals surface area contributed by atoms with Crippen molar-refractivity contribution in [1.29, 1.82) is 0 Å². The molecule has 2 amide bonds. The standard InChI is InChI=1S/C17H21N3O6/c1-12-5-2-3-8-19(12)15(21)11-26-16(22)10-18-17(23)13-6-4-7-14(9-13)20(24)25/h4,6-7,9,12H,2-3,5,8,10-11H2,1H3,(H,18,23)/t12-/m1/s1. The number of rotatable bonds is 6. The van der Waals surface area contributed by atoms with Gasteiger partial charge in [-0.3, -0.25) is 24.5 Å². The Labute approximate surface area is 150 Å². The third-order valence-corrected chi connectivity index (χ3v) is 4.19. The van der Waals surface area contributed by atoms with Gasteiger partial charge in [-0.2, -0.15) is 0 Å². The molecule has 1 aliphatic heterocycles. The molecule has 0 bridgehead atoms. The van der Waals surface area contributed by atoms with Crippen LogP contribution >= 0.6 is 0 Å². The molecule has 1 saturated heterocycles. The van der Waals surface area contributed by atoms with E-state index in [4.69, 9.17) is 4.74 Å². The van der Waals surface area contributed by atoms with Crippen LogP contribution in [-0.2, 0) is 14.3 Å². The first-order chi connectivity index (χ1) is 12.4. The lowest BCUT2D eigenvalue weighted by atomic mass is 10.0. The summed E-state index contributed by atoms with van der Waals surface area (Å²) in [6.07, 6.45) is 2.94. The zero-order chi connectivity index (χ0) is 19.1. The van der Waals surface area contributed by atoms with E-state index in [1.165, 1.54) is 18.2 Å². The summed E-state index contributed by atoms with van der Waals surface area (Å²) < 4.78 is 4.90. The molecule has 1 aromatic rings. The molecule has 1 fully saturated rings. The van der Waals surface area contributed by atoms with Crippen molar-refractivity contribution in [1.82, 2.24) is 10.2 Å². The van der Waals surface area contributed by atoms with Crippen molar-refractivity contribution in [3.8, 4) is 0 Å². The summed E-state index contributed by atoms with van der Waals surface area (Å²) in [6.45, 7) is 1.82. The van der Waals surface area contributed by atoms with E-state index in [2.05, 4.69) is 5.32 Å². The minimum absolute atomic E-state index is 0.0604. The summed E-state index contributed by atoms with van der Waals surface area (Å²) in [5.74, 6) is -1.64.